The van der Waals surface area contributed by atoms with Crippen LogP contribution in [0.1, 0.15) is 45.1 Å². The molecule has 0 aliphatic heterocycles. The summed E-state index contributed by atoms with van der Waals surface area (Å²) >= 11 is 0. The Balaban J connectivity index is 2.19. The van der Waals surface area contributed by atoms with Gasteiger partial charge in [-0.3, -0.25) is 0 Å². The maximum Gasteiger partial charge on any atom is 0.114 e. The summed E-state index contributed by atoms with van der Waals surface area (Å²) in [4.78, 5) is 4.15. The fourth-order valence-corrected chi connectivity index (χ4v) is 1.74. The lowest BCUT2D eigenvalue weighted by molar-refractivity contribution is 0.0737. The largest absolute Gasteiger partial charge is 0.384 e. The van der Waals surface area contributed by atoms with E-state index in [1.807, 2.05) is 12.5 Å². The molecule has 0 fully saturated rings. The van der Waals surface area contributed by atoms with Crippen molar-refractivity contribution >= 4 is 0 Å². The molecule has 0 saturated heterocycles. The third-order valence-corrected chi connectivity index (χ3v) is 2.79. The van der Waals surface area contributed by atoms with E-state index in [0.29, 0.717) is 18.3 Å². The van der Waals surface area contributed by atoms with Gasteiger partial charge in [-0.25, -0.2) is 9.67 Å². The SMILES string of the molecule is CC(C)n1cncc1Cn1cc(C(C)(C)O)nn1. The molecule has 0 bridgehead atoms. The molecule has 0 unspecified atom stereocenters. The van der Waals surface area contributed by atoms with Crippen molar-refractivity contribution in [2.75, 3.05) is 0 Å². The normalized spacial score (nSPS) is 12.3. The van der Waals surface area contributed by atoms with E-state index in [0.717, 1.165) is 5.69 Å². The molecule has 1 N–H and O–H groups in total. The number of nitrogens with zero attached hydrogens (tertiary/aromatic N) is 5. The zero-order valence-electron chi connectivity index (χ0n) is 11.2. The van der Waals surface area contributed by atoms with Crippen molar-refractivity contribution in [3.8, 4) is 0 Å². The van der Waals surface area contributed by atoms with E-state index in [1.165, 1.54) is 0 Å². The number of hydrogen-bond donors (Lipinski definition) is 1. The number of imidazole rings is 1. The summed E-state index contributed by atoms with van der Waals surface area (Å²) in [6.07, 6.45) is 5.40. The fraction of sp³-hybridized carbons (Fsp3) is 0.583. The minimum atomic E-state index is -0.962. The molecule has 2 rings (SSSR count). The fourth-order valence-electron chi connectivity index (χ4n) is 1.74. The second-order valence-electron chi connectivity index (χ2n) is 5.25. The van der Waals surface area contributed by atoms with Crippen molar-refractivity contribution in [3.63, 3.8) is 0 Å². The summed E-state index contributed by atoms with van der Waals surface area (Å²) < 4.78 is 3.80. The number of hydrogen-bond acceptors (Lipinski definition) is 4. The Labute approximate surface area is 106 Å². The molecular formula is C12H19N5O. The smallest absolute Gasteiger partial charge is 0.114 e. The van der Waals surface area contributed by atoms with Gasteiger partial charge in [0.25, 0.3) is 0 Å². The summed E-state index contributed by atoms with van der Waals surface area (Å²) in [6, 6.07) is 0.361. The summed E-state index contributed by atoms with van der Waals surface area (Å²) in [5, 5.41) is 17.8. The quantitative estimate of drug-likeness (QED) is 0.887. The number of aliphatic hydroxyl groups is 1. The first-order valence-electron chi connectivity index (χ1n) is 6.01. The molecule has 2 aromatic heterocycles. The van der Waals surface area contributed by atoms with E-state index >= 15 is 0 Å². The van der Waals surface area contributed by atoms with Gasteiger partial charge in [-0.2, -0.15) is 0 Å². The third kappa shape index (κ3) is 2.59. The summed E-state index contributed by atoms with van der Waals surface area (Å²) in [6.45, 7) is 8.20. The van der Waals surface area contributed by atoms with Gasteiger partial charge in [0.1, 0.15) is 11.3 Å². The maximum atomic E-state index is 9.84. The molecule has 18 heavy (non-hydrogen) atoms. The Kier molecular flexibility index (Phi) is 3.21. The highest BCUT2D eigenvalue weighted by Gasteiger charge is 2.20. The Morgan fingerprint density at radius 2 is 2.11 bits per heavy atom. The van der Waals surface area contributed by atoms with Crippen LogP contribution >= 0.6 is 0 Å². The van der Waals surface area contributed by atoms with E-state index in [-0.39, 0.29) is 0 Å². The van der Waals surface area contributed by atoms with Crippen molar-refractivity contribution in [2.24, 2.45) is 0 Å². The van der Waals surface area contributed by atoms with Gasteiger partial charge in [-0.1, -0.05) is 5.21 Å². The van der Waals surface area contributed by atoms with E-state index in [9.17, 15) is 5.11 Å². The Hall–Kier alpha value is -1.69. The van der Waals surface area contributed by atoms with E-state index in [4.69, 9.17) is 0 Å². The standard InChI is InChI=1S/C12H19N5O/c1-9(2)17-8-13-5-10(17)6-16-7-11(14-15-16)12(3,4)18/h5,7-9,18H,6H2,1-4H3. The molecule has 0 radical (unpaired) electrons. The number of rotatable bonds is 4. The van der Waals surface area contributed by atoms with Gasteiger partial charge in [-0.15, -0.1) is 5.10 Å². The van der Waals surface area contributed by atoms with Gasteiger partial charge in [-0.05, 0) is 27.7 Å². The Morgan fingerprint density at radius 1 is 1.39 bits per heavy atom. The van der Waals surface area contributed by atoms with Crippen LogP contribution in [0.4, 0.5) is 0 Å². The van der Waals surface area contributed by atoms with Gasteiger partial charge < -0.3 is 9.67 Å². The van der Waals surface area contributed by atoms with Gasteiger partial charge in [0.2, 0.25) is 0 Å². The van der Waals surface area contributed by atoms with Gasteiger partial charge in [0.05, 0.1) is 31.0 Å². The minimum Gasteiger partial charge on any atom is -0.384 e. The molecule has 98 valence electrons. The molecular weight excluding hydrogens is 230 g/mol. The van der Waals surface area contributed by atoms with Gasteiger partial charge in [0.15, 0.2) is 0 Å². The molecule has 2 aromatic rings. The van der Waals surface area contributed by atoms with Gasteiger partial charge >= 0.3 is 0 Å². The molecule has 0 amide bonds. The zero-order valence-corrected chi connectivity index (χ0v) is 11.2. The molecule has 0 aromatic carbocycles. The van der Waals surface area contributed by atoms with Crippen LogP contribution in [0.5, 0.6) is 0 Å². The predicted molar refractivity (Wildman–Crippen MR) is 67.0 cm³/mol. The monoisotopic (exact) mass is 249 g/mol. The van der Waals surface area contributed by atoms with Crippen LogP contribution in [-0.2, 0) is 12.1 Å². The van der Waals surface area contributed by atoms with Crippen LogP contribution < -0.4 is 0 Å². The third-order valence-electron chi connectivity index (χ3n) is 2.79. The summed E-state index contributed by atoms with van der Waals surface area (Å²) in [7, 11) is 0. The summed E-state index contributed by atoms with van der Waals surface area (Å²) in [5.41, 5.74) is 0.673. The first-order valence-corrected chi connectivity index (χ1v) is 6.01. The highest BCUT2D eigenvalue weighted by Crippen LogP contribution is 2.16. The predicted octanol–water partition coefficient (Wildman–Crippen LogP) is 1.33. The molecule has 0 spiro atoms. The van der Waals surface area contributed by atoms with Crippen LogP contribution in [0, 0.1) is 0 Å². The first-order chi connectivity index (χ1) is 8.38. The van der Waals surface area contributed by atoms with Crippen LogP contribution in [0.25, 0.3) is 0 Å². The number of aromatic nitrogens is 5. The molecule has 0 aliphatic rings. The minimum absolute atomic E-state index is 0.361. The van der Waals surface area contributed by atoms with Crippen molar-refractivity contribution in [2.45, 2.75) is 45.9 Å². The molecule has 0 atom stereocenters. The first kappa shape index (κ1) is 12.8. The van der Waals surface area contributed by atoms with Crippen LogP contribution in [0.15, 0.2) is 18.7 Å². The molecule has 2 heterocycles. The topological polar surface area (TPSA) is 68.8 Å². The lowest BCUT2D eigenvalue weighted by atomic mass is 10.1. The molecule has 6 heteroatoms. The lowest BCUT2D eigenvalue weighted by Crippen LogP contribution is -2.16. The lowest BCUT2D eigenvalue weighted by Gasteiger charge is -2.12. The van der Waals surface area contributed by atoms with E-state index in [2.05, 4.69) is 33.7 Å². The summed E-state index contributed by atoms with van der Waals surface area (Å²) in [5.74, 6) is 0. The van der Waals surface area contributed by atoms with Gasteiger partial charge in [0, 0.05) is 6.04 Å². The van der Waals surface area contributed by atoms with E-state index in [1.54, 1.807) is 24.7 Å². The van der Waals surface area contributed by atoms with Crippen molar-refractivity contribution < 1.29 is 5.11 Å². The van der Waals surface area contributed by atoms with Crippen LogP contribution in [0.3, 0.4) is 0 Å². The van der Waals surface area contributed by atoms with Crippen LogP contribution in [-0.4, -0.2) is 29.7 Å². The Morgan fingerprint density at radius 3 is 2.67 bits per heavy atom. The van der Waals surface area contributed by atoms with E-state index < -0.39 is 5.60 Å². The highest BCUT2D eigenvalue weighted by molar-refractivity contribution is 5.05. The average Bonchev–Trinajstić information content (AvgIpc) is 2.85. The van der Waals surface area contributed by atoms with Crippen molar-refractivity contribution in [1.29, 1.82) is 0 Å². The van der Waals surface area contributed by atoms with Crippen molar-refractivity contribution in [3.05, 3.63) is 30.1 Å². The average molecular weight is 249 g/mol. The highest BCUT2D eigenvalue weighted by atomic mass is 16.3. The zero-order chi connectivity index (χ0) is 13.3. The van der Waals surface area contributed by atoms with Crippen LogP contribution in [0.2, 0.25) is 0 Å². The maximum absolute atomic E-state index is 9.84. The molecule has 0 saturated carbocycles. The molecule has 6 nitrogen and oxygen atoms in total. The Bertz CT molecular complexity index is 521. The second-order valence-corrected chi connectivity index (χ2v) is 5.25. The van der Waals surface area contributed by atoms with Crippen molar-refractivity contribution in [1.82, 2.24) is 24.5 Å². The molecule has 0 aliphatic carbocycles. The second kappa shape index (κ2) is 4.53.